The van der Waals surface area contributed by atoms with Crippen molar-refractivity contribution in [3.63, 3.8) is 0 Å². The highest BCUT2D eigenvalue weighted by Crippen LogP contribution is 2.29. The molecule has 0 spiro atoms. The number of carbonyl (C=O) groups is 2. The summed E-state index contributed by atoms with van der Waals surface area (Å²) in [6.07, 6.45) is 0. The van der Waals surface area contributed by atoms with Gasteiger partial charge < -0.3 is 19.8 Å². The predicted molar refractivity (Wildman–Crippen MR) is 99.2 cm³/mol. The van der Waals surface area contributed by atoms with Crippen molar-refractivity contribution in [2.24, 2.45) is 0 Å². The van der Waals surface area contributed by atoms with E-state index in [2.05, 4.69) is 26.6 Å². The molecule has 2 N–H and O–H groups in total. The van der Waals surface area contributed by atoms with E-state index >= 15 is 0 Å². The largest absolute Gasteiger partial charge is 0.495 e. The number of carbonyl (C=O) groups excluding carboxylic acids is 2. The molecule has 1 aromatic heterocycles. The maximum Gasteiger partial charge on any atom is 0.291 e. The lowest BCUT2D eigenvalue weighted by atomic mass is 10.2. The molecule has 0 saturated heterocycles. The van der Waals surface area contributed by atoms with E-state index in [-0.39, 0.29) is 17.6 Å². The lowest BCUT2D eigenvalue weighted by Gasteiger charge is -2.11. The van der Waals surface area contributed by atoms with Crippen molar-refractivity contribution in [2.75, 3.05) is 17.7 Å². The zero-order valence-electron chi connectivity index (χ0n) is 13.6. The zero-order chi connectivity index (χ0) is 18.0. The number of hydrogen-bond acceptors (Lipinski definition) is 4. The summed E-state index contributed by atoms with van der Waals surface area (Å²) >= 11 is 3.39. The SMILES string of the molecule is COc1ccc(NC(=O)c2cc3cc(Br)ccc3o2)cc1NC(C)=O. The van der Waals surface area contributed by atoms with E-state index < -0.39 is 0 Å². The zero-order valence-corrected chi connectivity index (χ0v) is 15.1. The van der Waals surface area contributed by atoms with Crippen LogP contribution in [0.4, 0.5) is 11.4 Å². The second kappa shape index (κ2) is 6.98. The fourth-order valence-electron chi connectivity index (χ4n) is 2.39. The molecule has 0 atom stereocenters. The minimum atomic E-state index is -0.383. The minimum absolute atomic E-state index is 0.199. The summed E-state index contributed by atoms with van der Waals surface area (Å²) in [6.45, 7) is 1.40. The van der Waals surface area contributed by atoms with Gasteiger partial charge in [0, 0.05) is 22.5 Å². The maximum absolute atomic E-state index is 12.4. The second-order valence-corrected chi connectivity index (χ2v) is 6.26. The van der Waals surface area contributed by atoms with Crippen molar-refractivity contribution in [3.05, 3.63) is 52.7 Å². The second-order valence-electron chi connectivity index (χ2n) is 5.34. The van der Waals surface area contributed by atoms with Crippen LogP contribution in [0, 0.1) is 0 Å². The van der Waals surface area contributed by atoms with Crippen LogP contribution in [0.15, 0.2) is 51.4 Å². The van der Waals surface area contributed by atoms with E-state index in [0.29, 0.717) is 22.7 Å². The Hall–Kier alpha value is -2.80. The van der Waals surface area contributed by atoms with Crippen LogP contribution in [0.2, 0.25) is 0 Å². The van der Waals surface area contributed by atoms with E-state index in [0.717, 1.165) is 9.86 Å². The third-order valence-electron chi connectivity index (χ3n) is 3.47. The molecule has 3 aromatic rings. The molecule has 25 heavy (non-hydrogen) atoms. The Morgan fingerprint density at radius 3 is 2.60 bits per heavy atom. The average Bonchev–Trinajstić information content (AvgIpc) is 2.98. The van der Waals surface area contributed by atoms with Gasteiger partial charge in [0.1, 0.15) is 11.3 Å². The number of methoxy groups -OCH3 is 1. The summed E-state index contributed by atoms with van der Waals surface area (Å²) in [6, 6.07) is 12.1. The van der Waals surface area contributed by atoms with Gasteiger partial charge in [-0.05, 0) is 42.5 Å². The van der Waals surface area contributed by atoms with Gasteiger partial charge in [0.15, 0.2) is 5.76 Å². The van der Waals surface area contributed by atoms with Gasteiger partial charge >= 0.3 is 0 Å². The highest BCUT2D eigenvalue weighted by Gasteiger charge is 2.14. The molecule has 128 valence electrons. The van der Waals surface area contributed by atoms with Gasteiger partial charge in [0.25, 0.3) is 5.91 Å². The predicted octanol–water partition coefficient (Wildman–Crippen LogP) is 4.41. The van der Waals surface area contributed by atoms with E-state index in [1.165, 1.54) is 14.0 Å². The molecule has 0 bridgehead atoms. The summed E-state index contributed by atoms with van der Waals surface area (Å²) < 4.78 is 11.7. The van der Waals surface area contributed by atoms with E-state index in [1.807, 2.05) is 12.1 Å². The third kappa shape index (κ3) is 3.83. The van der Waals surface area contributed by atoms with E-state index in [1.54, 1.807) is 30.3 Å². The summed E-state index contributed by atoms with van der Waals surface area (Å²) in [5, 5.41) is 6.24. The van der Waals surface area contributed by atoms with Crippen molar-refractivity contribution in [2.45, 2.75) is 6.92 Å². The van der Waals surface area contributed by atoms with E-state index in [9.17, 15) is 9.59 Å². The van der Waals surface area contributed by atoms with Gasteiger partial charge in [-0.15, -0.1) is 0 Å². The van der Waals surface area contributed by atoms with Gasteiger partial charge in [0.05, 0.1) is 12.8 Å². The first-order chi connectivity index (χ1) is 12.0. The molecule has 3 rings (SSSR count). The first-order valence-corrected chi connectivity index (χ1v) is 8.21. The van der Waals surface area contributed by atoms with Crippen LogP contribution in [-0.4, -0.2) is 18.9 Å². The first-order valence-electron chi connectivity index (χ1n) is 7.42. The van der Waals surface area contributed by atoms with Crippen molar-refractivity contribution in [1.82, 2.24) is 0 Å². The van der Waals surface area contributed by atoms with Crippen molar-refractivity contribution in [3.8, 4) is 5.75 Å². The lowest BCUT2D eigenvalue weighted by molar-refractivity contribution is -0.114. The summed E-state index contributed by atoms with van der Waals surface area (Å²) in [4.78, 5) is 23.7. The van der Waals surface area contributed by atoms with Crippen LogP contribution in [0.3, 0.4) is 0 Å². The fourth-order valence-corrected chi connectivity index (χ4v) is 2.77. The Balaban J connectivity index is 1.85. The van der Waals surface area contributed by atoms with E-state index in [4.69, 9.17) is 9.15 Å². The molecule has 0 radical (unpaired) electrons. The highest BCUT2D eigenvalue weighted by atomic mass is 79.9. The molecule has 0 saturated carbocycles. The minimum Gasteiger partial charge on any atom is -0.495 e. The van der Waals surface area contributed by atoms with Crippen LogP contribution >= 0.6 is 15.9 Å². The van der Waals surface area contributed by atoms with Crippen molar-refractivity contribution in [1.29, 1.82) is 0 Å². The van der Waals surface area contributed by atoms with Crippen LogP contribution in [0.1, 0.15) is 17.5 Å². The molecule has 0 aliphatic carbocycles. The Labute approximate surface area is 152 Å². The molecule has 0 aliphatic heterocycles. The Morgan fingerprint density at radius 1 is 1.08 bits per heavy atom. The Bertz CT molecular complexity index is 965. The Morgan fingerprint density at radius 2 is 1.88 bits per heavy atom. The molecular weight excluding hydrogens is 388 g/mol. The van der Waals surface area contributed by atoms with Gasteiger partial charge in [-0.2, -0.15) is 0 Å². The standard InChI is InChI=1S/C18H15BrN2O4/c1-10(22)20-14-9-13(4-6-16(14)24-2)21-18(23)17-8-11-7-12(19)3-5-15(11)25-17/h3-9H,1-2H3,(H,20,22)(H,21,23). The summed E-state index contributed by atoms with van der Waals surface area (Å²) in [5.74, 6) is 0.0858. The van der Waals surface area contributed by atoms with Crippen LogP contribution < -0.4 is 15.4 Å². The first kappa shape index (κ1) is 17.0. The number of ether oxygens (including phenoxy) is 1. The van der Waals surface area contributed by atoms with Crippen molar-refractivity contribution < 1.29 is 18.7 Å². The summed E-state index contributed by atoms with van der Waals surface area (Å²) in [7, 11) is 1.51. The molecule has 0 unspecified atom stereocenters. The number of anilines is 2. The van der Waals surface area contributed by atoms with Gasteiger partial charge in [-0.25, -0.2) is 0 Å². The lowest BCUT2D eigenvalue weighted by Crippen LogP contribution is -2.12. The molecule has 7 heteroatoms. The van der Waals surface area contributed by atoms with Gasteiger partial charge in [-0.1, -0.05) is 15.9 Å². The Kier molecular flexibility index (Phi) is 4.76. The monoisotopic (exact) mass is 402 g/mol. The van der Waals surface area contributed by atoms with Crippen molar-refractivity contribution >= 4 is 50.1 Å². The van der Waals surface area contributed by atoms with Gasteiger partial charge in [-0.3, -0.25) is 9.59 Å². The molecule has 2 aromatic carbocycles. The topological polar surface area (TPSA) is 80.6 Å². The molecule has 1 heterocycles. The number of rotatable bonds is 4. The maximum atomic E-state index is 12.4. The smallest absolute Gasteiger partial charge is 0.291 e. The molecule has 2 amide bonds. The molecular formula is C18H15BrN2O4. The fraction of sp³-hybridized carbons (Fsp3) is 0.111. The van der Waals surface area contributed by atoms with Crippen LogP contribution in [0.5, 0.6) is 5.75 Å². The molecule has 0 aliphatic rings. The number of furan rings is 1. The number of hydrogen-bond donors (Lipinski definition) is 2. The molecule has 0 fully saturated rings. The number of benzene rings is 2. The summed E-state index contributed by atoms with van der Waals surface area (Å²) in [5.41, 5.74) is 1.61. The number of halogens is 1. The molecule has 6 nitrogen and oxygen atoms in total. The number of fused-ring (bicyclic) bond motifs is 1. The normalized spacial score (nSPS) is 10.5. The number of amides is 2. The van der Waals surface area contributed by atoms with Crippen LogP contribution in [0.25, 0.3) is 11.0 Å². The van der Waals surface area contributed by atoms with Gasteiger partial charge in [0.2, 0.25) is 5.91 Å². The third-order valence-corrected chi connectivity index (χ3v) is 3.96. The quantitative estimate of drug-likeness (QED) is 0.676. The number of nitrogens with one attached hydrogen (secondary N) is 2. The highest BCUT2D eigenvalue weighted by molar-refractivity contribution is 9.10. The van der Waals surface area contributed by atoms with Crippen LogP contribution in [-0.2, 0) is 4.79 Å². The average molecular weight is 403 g/mol.